The van der Waals surface area contributed by atoms with Crippen LogP contribution in [0.3, 0.4) is 0 Å². The summed E-state index contributed by atoms with van der Waals surface area (Å²) in [7, 11) is 1.35. The van der Waals surface area contributed by atoms with E-state index in [-0.39, 0.29) is 23.7 Å². The Balaban J connectivity index is 1.46. The maximum absolute atomic E-state index is 12.5. The van der Waals surface area contributed by atoms with Crippen LogP contribution >= 0.6 is 0 Å². The lowest BCUT2D eigenvalue weighted by molar-refractivity contribution is -0.339. The molecule has 1 saturated heterocycles. The number of phenols is 1. The van der Waals surface area contributed by atoms with Crippen LogP contribution < -0.4 is 4.74 Å². The minimum Gasteiger partial charge on any atom is -0.504 e. The zero-order valence-electron chi connectivity index (χ0n) is 18.7. The Morgan fingerprint density at radius 1 is 1.09 bits per heavy atom. The summed E-state index contributed by atoms with van der Waals surface area (Å²) in [6.45, 7) is -0.837. The van der Waals surface area contributed by atoms with Gasteiger partial charge in [-0.25, -0.2) is 4.79 Å². The van der Waals surface area contributed by atoms with Gasteiger partial charge in [0.25, 0.3) is 0 Å². The van der Waals surface area contributed by atoms with E-state index in [0.29, 0.717) is 5.57 Å². The number of carbonyl (C=O) groups excluding carboxylic acids is 1. The van der Waals surface area contributed by atoms with Gasteiger partial charge in [-0.2, -0.15) is 0 Å². The van der Waals surface area contributed by atoms with Crippen LogP contribution in [0.1, 0.15) is 10.4 Å². The maximum atomic E-state index is 12.5. The Morgan fingerprint density at radius 2 is 1.86 bits per heavy atom. The number of hydrogen-bond acceptors (Lipinski definition) is 12. The van der Waals surface area contributed by atoms with Gasteiger partial charge in [-0.1, -0.05) is 6.08 Å². The molecular formula is C23H28O12. The van der Waals surface area contributed by atoms with Gasteiger partial charge < -0.3 is 54.3 Å². The summed E-state index contributed by atoms with van der Waals surface area (Å²) in [6, 6.07) is 4.00. The Labute approximate surface area is 200 Å². The van der Waals surface area contributed by atoms with Gasteiger partial charge in [0.15, 0.2) is 17.8 Å². The molecule has 6 N–H and O–H groups in total. The van der Waals surface area contributed by atoms with E-state index in [1.54, 1.807) is 6.08 Å². The number of phenolic OH excluding ortho intramolecular Hbond substituents is 1. The second-order valence-corrected chi connectivity index (χ2v) is 8.46. The van der Waals surface area contributed by atoms with Crippen LogP contribution in [-0.2, 0) is 18.9 Å². The number of methoxy groups -OCH3 is 1. The first kappa shape index (κ1) is 25.4. The van der Waals surface area contributed by atoms with Crippen molar-refractivity contribution in [1.82, 2.24) is 0 Å². The molecule has 12 nitrogen and oxygen atoms in total. The van der Waals surface area contributed by atoms with E-state index in [0.717, 1.165) is 0 Å². The van der Waals surface area contributed by atoms with E-state index in [2.05, 4.69) is 0 Å². The Morgan fingerprint density at radius 3 is 2.57 bits per heavy atom. The number of rotatable bonds is 7. The highest BCUT2D eigenvalue weighted by molar-refractivity contribution is 5.90. The van der Waals surface area contributed by atoms with Gasteiger partial charge in [0.1, 0.15) is 31.0 Å². The molecule has 2 unspecified atom stereocenters. The number of aliphatic hydroxyl groups excluding tert-OH is 5. The van der Waals surface area contributed by atoms with Gasteiger partial charge in [0.05, 0.1) is 37.6 Å². The highest BCUT2D eigenvalue weighted by Crippen LogP contribution is 2.41. The predicted molar refractivity (Wildman–Crippen MR) is 115 cm³/mol. The monoisotopic (exact) mass is 496 g/mol. The molecule has 0 radical (unpaired) electrons. The first-order valence-electron chi connectivity index (χ1n) is 11.0. The smallest absolute Gasteiger partial charge is 0.338 e. The summed E-state index contributed by atoms with van der Waals surface area (Å²) in [6.07, 6.45) is -5.00. The average Bonchev–Trinajstić information content (AvgIpc) is 3.19. The van der Waals surface area contributed by atoms with Crippen LogP contribution in [0.25, 0.3) is 0 Å². The van der Waals surface area contributed by atoms with E-state index in [4.69, 9.17) is 23.7 Å². The summed E-state index contributed by atoms with van der Waals surface area (Å²) < 4.78 is 27.1. The first-order valence-corrected chi connectivity index (χ1v) is 11.0. The number of hydrogen-bond donors (Lipinski definition) is 6. The summed E-state index contributed by atoms with van der Waals surface area (Å²) in [5, 5.41) is 59.9. The third-order valence-electron chi connectivity index (χ3n) is 6.33. The van der Waals surface area contributed by atoms with Crippen molar-refractivity contribution < 1.29 is 59.1 Å². The van der Waals surface area contributed by atoms with Gasteiger partial charge in [0.2, 0.25) is 6.29 Å². The van der Waals surface area contributed by atoms with Crippen molar-refractivity contribution in [1.29, 1.82) is 0 Å². The lowest BCUT2D eigenvalue weighted by Gasteiger charge is -2.42. The van der Waals surface area contributed by atoms with Crippen LogP contribution in [0.2, 0.25) is 0 Å². The molecule has 35 heavy (non-hydrogen) atoms. The van der Waals surface area contributed by atoms with E-state index >= 15 is 0 Å². The van der Waals surface area contributed by atoms with E-state index in [1.165, 1.54) is 37.6 Å². The molecule has 0 bridgehead atoms. The lowest BCUT2D eigenvalue weighted by Crippen LogP contribution is -2.60. The van der Waals surface area contributed by atoms with Crippen LogP contribution in [-0.4, -0.2) is 100 Å². The minimum absolute atomic E-state index is 0.105. The average molecular weight is 496 g/mol. The van der Waals surface area contributed by atoms with Gasteiger partial charge in [-0.05, 0) is 29.8 Å². The quantitative estimate of drug-likeness (QED) is 0.196. The van der Waals surface area contributed by atoms with Crippen molar-refractivity contribution in [3.05, 3.63) is 47.7 Å². The van der Waals surface area contributed by atoms with Gasteiger partial charge in [-0.3, -0.25) is 0 Å². The molecule has 0 aromatic heterocycles. The Kier molecular flexibility index (Phi) is 7.62. The number of esters is 1. The zero-order valence-corrected chi connectivity index (χ0v) is 18.7. The molecule has 2 aliphatic heterocycles. The maximum Gasteiger partial charge on any atom is 0.338 e. The van der Waals surface area contributed by atoms with E-state index in [1.807, 2.05) is 0 Å². The Bertz CT molecular complexity index is 975. The molecule has 3 aliphatic rings. The van der Waals surface area contributed by atoms with Crippen molar-refractivity contribution in [2.24, 2.45) is 11.8 Å². The second-order valence-electron chi connectivity index (χ2n) is 8.46. The lowest BCUT2D eigenvalue weighted by atomic mass is 9.88. The van der Waals surface area contributed by atoms with Crippen molar-refractivity contribution >= 4 is 5.97 Å². The number of fused-ring (bicyclic) bond motifs is 1. The van der Waals surface area contributed by atoms with Crippen molar-refractivity contribution in [2.75, 3.05) is 20.3 Å². The minimum atomic E-state index is -1.64. The van der Waals surface area contributed by atoms with Crippen molar-refractivity contribution in [2.45, 2.75) is 43.1 Å². The fraction of sp³-hybridized carbons (Fsp3) is 0.522. The van der Waals surface area contributed by atoms with Crippen LogP contribution in [0.4, 0.5) is 0 Å². The van der Waals surface area contributed by atoms with Crippen LogP contribution in [0.5, 0.6) is 11.5 Å². The molecule has 1 aromatic rings. The molecule has 1 aliphatic carbocycles. The van der Waals surface area contributed by atoms with Gasteiger partial charge in [0, 0.05) is 5.92 Å². The molecule has 12 heteroatoms. The topological polar surface area (TPSA) is 185 Å². The summed E-state index contributed by atoms with van der Waals surface area (Å²) in [4.78, 5) is 12.5. The molecule has 9 atom stereocenters. The zero-order chi connectivity index (χ0) is 25.3. The van der Waals surface area contributed by atoms with Crippen LogP contribution in [0.15, 0.2) is 42.2 Å². The van der Waals surface area contributed by atoms with E-state index < -0.39 is 67.5 Å². The molecule has 4 rings (SSSR count). The number of aromatic hydroxyl groups is 1. The highest BCUT2D eigenvalue weighted by atomic mass is 16.8. The van der Waals surface area contributed by atoms with Gasteiger partial charge in [-0.15, -0.1) is 0 Å². The third kappa shape index (κ3) is 5.00. The molecule has 2 heterocycles. The largest absolute Gasteiger partial charge is 0.504 e. The van der Waals surface area contributed by atoms with Gasteiger partial charge >= 0.3 is 5.97 Å². The molecule has 0 saturated carbocycles. The number of carbonyl (C=O) groups is 1. The number of benzene rings is 1. The van der Waals surface area contributed by atoms with Crippen molar-refractivity contribution in [3.8, 4) is 11.5 Å². The van der Waals surface area contributed by atoms with Crippen molar-refractivity contribution in [3.63, 3.8) is 0 Å². The molecule has 0 spiro atoms. The van der Waals surface area contributed by atoms with Crippen LogP contribution in [0, 0.1) is 11.8 Å². The first-order chi connectivity index (χ1) is 16.7. The fourth-order valence-corrected chi connectivity index (χ4v) is 4.40. The summed E-state index contributed by atoms with van der Waals surface area (Å²) in [5.41, 5.74) is 0.629. The standard InChI is InChI=1S/C23H28O12/c1-31-15-7-10(2-3-13(15)25)21(30)33-9-11-6-14(26)12-4-5-32-22(17(11)12)35-23-20(29)19(28)18(27)16(8-24)34-23/h2-7,12,14,16-20,22-29H,8-9H2,1H3/t12?,14-,16+,17?,18+,19-,20+,22+,23-/m1/s1. The Hall–Kier alpha value is -2.71. The SMILES string of the molecule is COc1cc(C(=O)OCC2=C[C@@H](O)C3C=CO[C@@H](O[C@H]4O[C@@H](CO)[C@H](O)[C@@H](O)[C@@H]4O)C23)ccc1O. The number of aliphatic hydroxyl groups is 5. The molecule has 0 amide bonds. The third-order valence-corrected chi connectivity index (χ3v) is 6.33. The predicted octanol–water partition coefficient (Wildman–Crippen LogP) is -1.22. The molecular weight excluding hydrogens is 468 g/mol. The molecule has 1 fully saturated rings. The summed E-state index contributed by atoms with van der Waals surface area (Å²) >= 11 is 0. The summed E-state index contributed by atoms with van der Waals surface area (Å²) in [5.74, 6) is -1.84. The normalized spacial score (nSPS) is 36.2. The fourth-order valence-electron chi connectivity index (χ4n) is 4.40. The molecule has 1 aromatic carbocycles. The number of ether oxygens (including phenoxy) is 5. The second kappa shape index (κ2) is 10.5. The molecule has 192 valence electrons. The van der Waals surface area contributed by atoms with E-state index in [9.17, 15) is 35.4 Å². The highest BCUT2D eigenvalue weighted by Gasteiger charge is 2.49.